The summed E-state index contributed by atoms with van der Waals surface area (Å²) in [5.41, 5.74) is 0. The van der Waals surface area contributed by atoms with Crippen LogP contribution in [-0.2, 0) is 23.7 Å². The maximum Gasteiger partial charge on any atom is 0.187 e. The topological polar surface area (TPSA) is 130 Å². The Morgan fingerprint density at radius 2 is 1.76 bits per heavy atom. The molecule has 2 bridgehead atoms. The number of rotatable bonds is 3. The smallest absolute Gasteiger partial charge is 0.187 e. The normalized spacial score (nSPS) is 58.9. The van der Waals surface area contributed by atoms with Crippen LogP contribution >= 0.6 is 0 Å². The van der Waals surface area contributed by atoms with E-state index in [-0.39, 0.29) is 24.6 Å². The molecule has 9 heteroatoms. The molecule has 9 nitrogen and oxygen atoms in total. The van der Waals surface area contributed by atoms with Gasteiger partial charge in [0.1, 0.15) is 48.8 Å². The number of aliphatic hydroxyl groups is 4. The van der Waals surface area contributed by atoms with Gasteiger partial charge in [0, 0.05) is 0 Å². The van der Waals surface area contributed by atoms with Gasteiger partial charge >= 0.3 is 0 Å². The van der Waals surface area contributed by atoms with E-state index in [4.69, 9.17) is 28.8 Å². The maximum atomic E-state index is 9.97. The highest BCUT2D eigenvalue weighted by Crippen LogP contribution is 2.43. The van der Waals surface area contributed by atoms with Crippen LogP contribution in [0.15, 0.2) is 0 Å². The van der Waals surface area contributed by atoms with Crippen molar-refractivity contribution in [2.75, 3.05) is 13.2 Å². The third kappa shape index (κ3) is 2.21. The molecule has 0 aromatic carbocycles. The zero-order valence-corrected chi connectivity index (χ0v) is 11.0. The van der Waals surface area contributed by atoms with E-state index in [1.54, 1.807) is 0 Å². The third-order valence-corrected chi connectivity index (χ3v) is 4.39. The fraction of sp³-hybridized carbons (Fsp3) is 1.00. The Kier molecular flexibility index (Phi) is 3.45. The molecule has 0 radical (unpaired) electrons. The van der Waals surface area contributed by atoms with Crippen LogP contribution in [0.3, 0.4) is 0 Å². The highest BCUT2D eigenvalue weighted by molar-refractivity contribution is 5.05. The van der Waals surface area contributed by atoms with Crippen LogP contribution in [-0.4, -0.2) is 95.1 Å². The molecule has 4 heterocycles. The summed E-state index contributed by atoms with van der Waals surface area (Å²) >= 11 is 0. The second-order valence-corrected chi connectivity index (χ2v) is 5.74. The lowest BCUT2D eigenvalue weighted by Gasteiger charge is -2.41. The van der Waals surface area contributed by atoms with Gasteiger partial charge in [-0.3, -0.25) is 0 Å². The number of hydrogen-bond acceptors (Lipinski definition) is 9. The van der Waals surface area contributed by atoms with Gasteiger partial charge in [0.15, 0.2) is 12.6 Å². The third-order valence-electron chi connectivity index (χ3n) is 4.39. The SMILES string of the molecule is OCC1O[C@@H](O[C@@H]2C3CO[C@H](O3)C3O[C@@H]32)C(O)C(O)[C@@H]1O. The van der Waals surface area contributed by atoms with Gasteiger partial charge in [-0.15, -0.1) is 0 Å². The van der Waals surface area contributed by atoms with Crippen molar-refractivity contribution >= 4 is 0 Å². The molecule has 0 saturated carbocycles. The number of fused-ring (bicyclic) bond motifs is 4. The average molecular weight is 306 g/mol. The lowest BCUT2D eigenvalue weighted by atomic mass is 9.99. The van der Waals surface area contributed by atoms with E-state index in [0.29, 0.717) is 6.61 Å². The molecular formula is C12H18O9. The summed E-state index contributed by atoms with van der Waals surface area (Å²) in [5, 5.41) is 38.6. The summed E-state index contributed by atoms with van der Waals surface area (Å²) in [7, 11) is 0. The maximum absolute atomic E-state index is 9.97. The second-order valence-electron chi connectivity index (χ2n) is 5.74. The van der Waals surface area contributed by atoms with Crippen molar-refractivity contribution in [2.45, 2.75) is 61.4 Å². The molecule has 0 aromatic heterocycles. The van der Waals surface area contributed by atoms with Gasteiger partial charge in [0.2, 0.25) is 0 Å². The van der Waals surface area contributed by atoms with Gasteiger partial charge in [-0.1, -0.05) is 0 Å². The Bertz CT molecular complexity index is 404. The number of aliphatic hydroxyl groups excluding tert-OH is 4. The molecule has 4 N–H and O–H groups in total. The molecule has 4 saturated heterocycles. The van der Waals surface area contributed by atoms with E-state index < -0.39 is 43.4 Å². The van der Waals surface area contributed by atoms with E-state index >= 15 is 0 Å². The van der Waals surface area contributed by atoms with Crippen LogP contribution in [0.1, 0.15) is 0 Å². The van der Waals surface area contributed by atoms with Crippen molar-refractivity contribution in [2.24, 2.45) is 0 Å². The first-order chi connectivity index (χ1) is 10.1. The van der Waals surface area contributed by atoms with E-state index in [9.17, 15) is 15.3 Å². The van der Waals surface area contributed by atoms with Crippen molar-refractivity contribution in [1.29, 1.82) is 0 Å². The van der Waals surface area contributed by atoms with Crippen LogP contribution in [0.2, 0.25) is 0 Å². The van der Waals surface area contributed by atoms with E-state index in [1.807, 2.05) is 0 Å². The number of epoxide rings is 1. The molecule has 4 aliphatic rings. The van der Waals surface area contributed by atoms with Gasteiger partial charge in [-0.05, 0) is 0 Å². The van der Waals surface area contributed by atoms with E-state index in [0.717, 1.165) is 0 Å². The monoisotopic (exact) mass is 306 g/mol. The van der Waals surface area contributed by atoms with Gasteiger partial charge in [0.25, 0.3) is 0 Å². The van der Waals surface area contributed by atoms with Crippen LogP contribution in [0.5, 0.6) is 0 Å². The Labute approximate surface area is 119 Å². The highest BCUT2D eigenvalue weighted by atomic mass is 16.8. The summed E-state index contributed by atoms with van der Waals surface area (Å²) in [6.45, 7) is -0.133. The molecule has 0 spiro atoms. The number of ether oxygens (including phenoxy) is 5. The minimum absolute atomic E-state index is 0.182. The lowest BCUT2D eigenvalue weighted by Crippen LogP contribution is -2.60. The summed E-state index contributed by atoms with van der Waals surface area (Å²) in [6.07, 6.45) is -8.04. The van der Waals surface area contributed by atoms with Crippen molar-refractivity contribution in [3.63, 3.8) is 0 Å². The highest BCUT2D eigenvalue weighted by Gasteiger charge is 2.63. The van der Waals surface area contributed by atoms with Crippen molar-refractivity contribution in [1.82, 2.24) is 0 Å². The molecular weight excluding hydrogens is 288 g/mol. The van der Waals surface area contributed by atoms with Crippen molar-refractivity contribution < 1.29 is 44.1 Å². The Morgan fingerprint density at radius 1 is 0.952 bits per heavy atom. The Balaban J connectivity index is 1.46. The molecule has 4 fully saturated rings. The Hall–Kier alpha value is -0.360. The predicted octanol–water partition coefficient (Wildman–Crippen LogP) is -3.31. The number of hydrogen-bond donors (Lipinski definition) is 4. The standard InChI is InChI=1S/C12H18O9/c13-1-3-5(14)6(15)7(16)11(18-3)21-8-4-2-17-12(19-4)10-9(8)20-10/h3-16H,1-2H2/t3?,4?,5-,6?,7?,8-,9-,10?,11+,12-/m1/s1. The first-order valence-electron chi connectivity index (χ1n) is 6.98. The van der Waals surface area contributed by atoms with Crippen molar-refractivity contribution in [3.05, 3.63) is 0 Å². The molecule has 21 heavy (non-hydrogen) atoms. The summed E-state index contributed by atoms with van der Waals surface area (Å²) < 4.78 is 27.4. The average Bonchev–Trinajstić information content (AvgIpc) is 3.17. The molecule has 4 aliphatic heterocycles. The van der Waals surface area contributed by atoms with Crippen LogP contribution in [0.25, 0.3) is 0 Å². The fourth-order valence-corrected chi connectivity index (χ4v) is 3.12. The van der Waals surface area contributed by atoms with Crippen LogP contribution < -0.4 is 0 Å². The minimum Gasteiger partial charge on any atom is -0.394 e. The molecule has 0 aliphatic carbocycles. The van der Waals surface area contributed by atoms with Crippen molar-refractivity contribution in [3.8, 4) is 0 Å². The van der Waals surface area contributed by atoms with Gasteiger partial charge in [0.05, 0.1) is 13.2 Å². The van der Waals surface area contributed by atoms with E-state index in [2.05, 4.69) is 0 Å². The molecule has 10 atom stereocenters. The van der Waals surface area contributed by atoms with Crippen LogP contribution in [0, 0.1) is 0 Å². The van der Waals surface area contributed by atoms with Crippen LogP contribution in [0.4, 0.5) is 0 Å². The predicted molar refractivity (Wildman–Crippen MR) is 61.9 cm³/mol. The molecule has 0 amide bonds. The van der Waals surface area contributed by atoms with Gasteiger partial charge < -0.3 is 44.1 Å². The summed E-state index contributed by atoms with van der Waals surface area (Å²) in [5.74, 6) is 0. The largest absolute Gasteiger partial charge is 0.394 e. The first kappa shape index (κ1) is 14.2. The Morgan fingerprint density at radius 3 is 2.52 bits per heavy atom. The molecule has 0 aromatic rings. The van der Waals surface area contributed by atoms with Gasteiger partial charge in [-0.25, -0.2) is 0 Å². The molecule has 5 unspecified atom stereocenters. The zero-order chi connectivity index (χ0) is 14.7. The minimum atomic E-state index is -1.46. The second kappa shape index (κ2) is 5.08. The zero-order valence-electron chi connectivity index (χ0n) is 11.0. The summed E-state index contributed by atoms with van der Waals surface area (Å²) in [6, 6.07) is 0. The van der Waals surface area contributed by atoms with Gasteiger partial charge in [-0.2, -0.15) is 0 Å². The molecule has 4 rings (SSSR count). The first-order valence-corrected chi connectivity index (χ1v) is 6.98. The van der Waals surface area contributed by atoms with E-state index in [1.165, 1.54) is 0 Å². The fourth-order valence-electron chi connectivity index (χ4n) is 3.12. The summed E-state index contributed by atoms with van der Waals surface area (Å²) in [4.78, 5) is 0. The quantitative estimate of drug-likeness (QED) is 0.396. The lowest BCUT2D eigenvalue weighted by molar-refractivity contribution is -0.319. The molecule has 120 valence electrons.